The topological polar surface area (TPSA) is 40.5 Å². The van der Waals surface area contributed by atoms with Gasteiger partial charge in [0.05, 0.1) is 6.42 Å². The van der Waals surface area contributed by atoms with Gasteiger partial charge in [-0.05, 0) is 25.5 Å². The van der Waals surface area contributed by atoms with Gasteiger partial charge in [-0.1, -0.05) is 24.6 Å². The average molecular weight is 251 g/mol. The molecule has 1 aliphatic rings. The molecule has 0 spiro atoms. The van der Waals surface area contributed by atoms with Crippen LogP contribution in [0.5, 0.6) is 0 Å². The highest BCUT2D eigenvalue weighted by Gasteiger charge is 2.25. The molecule has 1 atom stereocenters. The van der Waals surface area contributed by atoms with Crippen LogP contribution in [0.25, 0.3) is 0 Å². The van der Waals surface area contributed by atoms with E-state index in [1.807, 2.05) is 6.07 Å². The molecule has 0 aromatic heterocycles. The molecule has 4 heteroatoms. The van der Waals surface area contributed by atoms with E-state index in [1.165, 1.54) is 6.07 Å². The van der Waals surface area contributed by atoms with E-state index in [4.69, 9.17) is 5.11 Å². The number of benzene rings is 1. The summed E-state index contributed by atoms with van der Waals surface area (Å²) in [7, 11) is 0. The summed E-state index contributed by atoms with van der Waals surface area (Å²) in [5, 5.41) is 8.90. The third-order valence-electron chi connectivity index (χ3n) is 3.49. The Kier molecular flexibility index (Phi) is 4.31. The van der Waals surface area contributed by atoms with E-state index in [0.29, 0.717) is 12.1 Å². The Morgan fingerprint density at radius 2 is 2.17 bits per heavy atom. The first-order chi connectivity index (χ1) is 8.66. The van der Waals surface area contributed by atoms with E-state index < -0.39 is 5.97 Å². The molecule has 1 saturated heterocycles. The summed E-state index contributed by atoms with van der Waals surface area (Å²) in [6.45, 7) is 1.36. The molecule has 0 aliphatic carbocycles. The molecule has 0 radical (unpaired) electrons. The fraction of sp³-hybridized carbons (Fsp3) is 0.500. The van der Waals surface area contributed by atoms with Crippen molar-refractivity contribution in [3.63, 3.8) is 0 Å². The molecule has 1 aliphatic heterocycles. The lowest BCUT2D eigenvalue weighted by molar-refractivity contribution is -0.138. The van der Waals surface area contributed by atoms with Crippen molar-refractivity contribution in [1.82, 2.24) is 4.90 Å². The molecule has 2 rings (SSSR count). The molecular formula is C14H18FNO2. The second kappa shape index (κ2) is 5.96. The molecule has 18 heavy (non-hydrogen) atoms. The minimum Gasteiger partial charge on any atom is -0.481 e. The van der Waals surface area contributed by atoms with Gasteiger partial charge in [-0.15, -0.1) is 0 Å². The van der Waals surface area contributed by atoms with Crippen LogP contribution in [0.15, 0.2) is 24.3 Å². The molecule has 1 fully saturated rings. The molecule has 98 valence electrons. The van der Waals surface area contributed by atoms with Crippen molar-refractivity contribution in [1.29, 1.82) is 0 Å². The van der Waals surface area contributed by atoms with Gasteiger partial charge in [0.15, 0.2) is 0 Å². The number of carboxylic acid groups (broad SMARTS) is 1. The first-order valence-corrected chi connectivity index (χ1v) is 6.36. The fourth-order valence-electron chi connectivity index (χ4n) is 2.55. The summed E-state index contributed by atoms with van der Waals surface area (Å²) < 4.78 is 13.6. The van der Waals surface area contributed by atoms with Crippen LogP contribution >= 0.6 is 0 Å². The number of piperidine rings is 1. The SMILES string of the molecule is O=C(O)C[C@H]1CCCCN1Cc1ccccc1F. The normalized spacial score (nSPS) is 20.8. The predicted octanol–water partition coefficient (Wildman–Crippen LogP) is 2.65. The van der Waals surface area contributed by atoms with Crippen LogP contribution in [0.4, 0.5) is 4.39 Å². The fourth-order valence-corrected chi connectivity index (χ4v) is 2.55. The Labute approximate surface area is 106 Å². The molecule has 3 nitrogen and oxygen atoms in total. The van der Waals surface area contributed by atoms with Gasteiger partial charge in [0, 0.05) is 18.2 Å². The van der Waals surface area contributed by atoms with Gasteiger partial charge in [0.1, 0.15) is 5.82 Å². The van der Waals surface area contributed by atoms with Gasteiger partial charge in [-0.25, -0.2) is 4.39 Å². The van der Waals surface area contributed by atoms with E-state index in [2.05, 4.69) is 4.90 Å². The van der Waals surface area contributed by atoms with E-state index >= 15 is 0 Å². The van der Waals surface area contributed by atoms with Gasteiger partial charge in [0.25, 0.3) is 0 Å². The molecule has 1 N–H and O–H groups in total. The quantitative estimate of drug-likeness (QED) is 0.894. The van der Waals surface area contributed by atoms with Crippen LogP contribution in [-0.2, 0) is 11.3 Å². The maximum absolute atomic E-state index is 13.6. The van der Waals surface area contributed by atoms with Crippen molar-refractivity contribution in [3.05, 3.63) is 35.6 Å². The molecule has 0 unspecified atom stereocenters. The smallest absolute Gasteiger partial charge is 0.304 e. The highest BCUT2D eigenvalue weighted by atomic mass is 19.1. The first kappa shape index (κ1) is 13.0. The maximum atomic E-state index is 13.6. The summed E-state index contributed by atoms with van der Waals surface area (Å²) in [4.78, 5) is 12.9. The molecular weight excluding hydrogens is 233 g/mol. The zero-order valence-corrected chi connectivity index (χ0v) is 10.3. The Morgan fingerprint density at radius 1 is 1.39 bits per heavy atom. The average Bonchev–Trinajstić information content (AvgIpc) is 2.34. The van der Waals surface area contributed by atoms with Crippen molar-refractivity contribution in [2.24, 2.45) is 0 Å². The van der Waals surface area contributed by atoms with Gasteiger partial charge in [0.2, 0.25) is 0 Å². The van der Waals surface area contributed by atoms with Crippen LogP contribution in [0, 0.1) is 5.82 Å². The second-order valence-corrected chi connectivity index (χ2v) is 4.81. The zero-order chi connectivity index (χ0) is 13.0. The zero-order valence-electron chi connectivity index (χ0n) is 10.3. The highest BCUT2D eigenvalue weighted by Crippen LogP contribution is 2.22. The minimum atomic E-state index is -0.777. The van der Waals surface area contributed by atoms with E-state index in [0.717, 1.165) is 25.8 Å². The van der Waals surface area contributed by atoms with Crippen LogP contribution in [0.2, 0.25) is 0 Å². The van der Waals surface area contributed by atoms with E-state index in [9.17, 15) is 9.18 Å². The van der Waals surface area contributed by atoms with Crippen molar-refractivity contribution in [3.8, 4) is 0 Å². The van der Waals surface area contributed by atoms with Crippen molar-refractivity contribution in [2.45, 2.75) is 38.3 Å². The largest absolute Gasteiger partial charge is 0.481 e. The van der Waals surface area contributed by atoms with Crippen molar-refractivity contribution < 1.29 is 14.3 Å². The molecule has 0 bridgehead atoms. The van der Waals surface area contributed by atoms with E-state index in [1.54, 1.807) is 12.1 Å². The van der Waals surface area contributed by atoms with Gasteiger partial charge >= 0.3 is 5.97 Å². The number of likely N-dealkylation sites (tertiary alicyclic amines) is 1. The number of carbonyl (C=O) groups is 1. The van der Waals surface area contributed by atoms with Crippen LogP contribution in [-0.4, -0.2) is 28.6 Å². The highest BCUT2D eigenvalue weighted by molar-refractivity contribution is 5.67. The molecule has 1 heterocycles. The lowest BCUT2D eigenvalue weighted by atomic mass is 9.98. The summed E-state index contributed by atoms with van der Waals surface area (Å²) in [6, 6.07) is 6.74. The number of halogens is 1. The van der Waals surface area contributed by atoms with E-state index in [-0.39, 0.29) is 18.3 Å². The molecule has 0 saturated carbocycles. The summed E-state index contributed by atoms with van der Waals surface area (Å²) >= 11 is 0. The van der Waals surface area contributed by atoms with Crippen molar-refractivity contribution in [2.75, 3.05) is 6.54 Å². The molecule has 0 amide bonds. The Bertz CT molecular complexity index is 422. The molecule has 1 aromatic carbocycles. The number of aliphatic carboxylic acids is 1. The maximum Gasteiger partial charge on any atom is 0.304 e. The Morgan fingerprint density at radius 3 is 2.89 bits per heavy atom. The number of rotatable bonds is 4. The van der Waals surface area contributed by atoms with Gasteiger partial charge in [-0.2, -0.15) is 0 Å². The summed E-state index contributed by atoms with van der Waals surface area (Å²) in [5.41, 5.74) is 0.648. The summed E-state index contributed by atoms with van der Waals surface area (Å²) in [6.07, 6.45) is 3.16. The van der Waals surface area contributed by atoms with Gasteiger partial charge < -0.3 is 5.11 Å². The Hall–Kier alpha value is -1.42. The summed E-state index contributed by atoms with van der Waals surface area (Å²) in [5.74, 6) is -0.988. The third-order valence-corrected chi connectivity index (χ3v) is 3.49. The first-order valence-electron chi connectivity index (χ1n) is 6.36. The number of carboxylic acids is 1. The number of hydrogen-bond donors (Lipinski definition) is 1. The van der Waals surface area contributed by atoms with Crippen molar-refractivity contribution >= 4 is 5.97 Å². The van der Waals surface area contributed by atoms with Crippen LogP contribution < -0.4 is 0 Å². The van der Waals surface area contributed by atoms with Gasteiger partial charge in [-0.3, -0.25) is 9.69 Å². The molecule has 1 aromatic rings. The Balaban J connectivity index is 2.05. The third kappa shape index (κ3) is 3.29. The lowest BCUT2D eigenvalue weighted by Gasteiger charge is -2.35. The number of hydrogen-bond acceptors (Lipinski definition) is 2. The standard InChI is InChI=1S/C14H18FNO2/c15-13-7-2-1-5-11(13)10-16-8-4-3-6-12(16)9-14(17)18/h1-2,5,7,12H,3-4,6,8-10H2,(H,17,18)/t12-/m1/s1. The van der Waals surface area contributed by atoms with Crippen LogP contribution in [0.1, 0.15) is 31.2 Å². The monoisotopic (exact) mass is 251 g/mol. The second-order valence-electron chi connectivity index (χ2n) is 4.81. The minimum absolute atomic E-state index is 0.0378. The van der Waals surface area contributed by atoms with Crippen LogP contribution in [0.3, 0.4) is 0 Å². The predicted molar refractivity (Wildman–Crippen MR) is 66.7 cm³/mol. The number of nitrogens with zero attached hydrogens (tertiary/aromatic N) is 1. The lowest BCUT2D eigenvalue weighted by Crippen LogP contribution is -2.40.